The quantitative estimate of drug-likeness (QED) is 0.755. The normalized spacial score (nSPS) is 12.8. The average Bonchev–Trinajstić information content (AvgIpc) is 2.32. The molecule has 21 heavy (non-hydrogen) atoms. The lowest BCUT2D eigenvalue weighted by Crippen LogP contribution is -2.35. The number of phenolic OH excluding ortho intramolecular Hbond substituents is 1. The largest absolute Gasteiger partial charge is 0.507 e. The van der Waals surface area contributed by atoms with Gasteiger partial charge in [-0.3, -0.25) is 9.59 Å². The summed E-state index contributed by atoms with van der Waals surface area (Å²) < 4.78 is 0.660. The maximum Gasteiger partial charge on any atom is 0.308 e. The molecule has 6 heteroatoms. The van der Waals surface area contributed by atoms with E-state index in [0.717, 1.165) is 0 Å². The first-order valence-corrected chi connectivity index (χ1v) is 7.39. The summed E-state index contributed by atoms with van der Waals surface area (Å²) in [5.41, 5.74) is -0.0221. The zero-order valence-corrected chi connectivity index (χ0v) is 13.9. The van der Waals surface area contributed by atoms with Crippen molar-refractivity contribution in [1.29, 1.82) is 0 Å². The Kier molecular flexibility index (Phi) is 5.78. The van der Waals surface area contributed by atoms with E-state index in [2.05, 4.69) is 21.2 Å². The van der Waals surface area contributed by atoms with Crippen LogP contribution in [-0.2, 0) is 4.79 Å². The van der Waals surface area contributed by atoms with Crippen molar-refractivity contribution in [2.24, 2.45) is 11.3 Å². The van der Waals surface area contributed by atoms with Gasteiger partial charge in [0.05, 0.1) is 11.5 Å². The Morgan fingerprint density at radius 1 is 1.33 bits per heavy atom. The van der Waals surface area contributed by atoms with Gasteiger partial charge in [-0.2, -0.15) is 0 Å². The first-order chi connectivity index (χ1) is 9.60. The van der Waals surface area contributed by atoms with Crippen LogP contribution in [0.25, 0.3) is 0 Å². The van der Waals surface area contributed by atoms with Gasteiger partial charge in [0.2, 0.25) is 0 Å². The van der Waals surface area contributed by atoms with Crippen molar-refractivity contribution in [3.63, 3.8) is 0 Å². The Bertz CT molecular complexity index is 537. The first kappa shape index (κ1) is 17.5. The smallest absolute Gasteiger partial charge is 0.308 e. The molecule has 1 unspecified atom stereocenters. The van der Waals surface area contributed by atoms with Crippen LogP contribution in [0.4, 0.5) is 0 Å². The molecule has 0 saturated heterocycles. The number of rotatable bonds is 5. The number of halogens is 1. The fourth-order valence-electron chi connectivity index (χ4n) is 1.99. The molecule has 1 aromatic rings. The maximum atomic E-state index is 12.0. The molecule has 0 aromatic heterocycles. The minimum atomic E-state index is -0.940. The van der Waals surface area contributed by atoms with Crippen molar-refractivity contribution in [1.82, 2.24) is 5.32 Å². The lowest BCUT2D eigenvalue weighted by molar-refractivity contribution is -0.142. The van der Waals surface area contributed by atoms with Crippen LogP contribution in [0, 0.1) is 11.3 Å². The topological polar surface area (TPSA) is 86.6 Å². The first-order valence-electron chi connectivity index (χ1n) is 6.59. The fraction of sp³-hybridized carbons (Fsp3) is 0.467. The summed E-state index contributed by atoms with van der Waals surface area (Å²) in [6.45, 7) is 5.88. The van der Waals surface area contributed by atoms with Gasteiger partial charge in [-0.05, 0) is 30.0 Å². The van der Waals surface area contributed by atoms with E-state index in [9.17, 15) is 19.8 Å². The molecule has 0 aliphatic rings. The van der Waals surface area contributed by atoms with Gasteiger partial charge in [0.1, 0.15) is 5.75 Å². The number of carboxylic acids is 1. The van der Waals surface area contributed by atoms with E-state index < -0.39 is 17.8 Å². The Morgan fingerprint density at radius 2 is 1.95 bits per heavy atom. The van der Waals surface area contributed by atoms with E-state index >= 15 is 0 Å². The van der Waals surface area contributed by atoms with Gasteiger partial charge >= 0.3 is 5.97 Å². The van der Waals surface area contributed by atoms with Crippen molar-refractivity contribution in [2.45, 2.75) is 27.2 Å². The second kappa shape index (κ2) is 6.93. The molecule has 1 atom stereocenters. The van der Waals surface area contributed by atoms with E-state index in [4.69, 9.17) is 0 Å². The van der Waals surface area contributed by atoms with Crippen LogP contribution in [0.5, 0.6) is 5.75 Å². The molecule has 0 heterocycles. The molecular weight excluding hydrogens is 338 g/mol. The highest BCUT2D eigenvalue weighted by Crippen LogP contribution is 2.25. The van der Waals surface area contributed by atoms with Crippen LogP contribution in [0.3, 0.4) is 0 Å². The number of carboxylic acid groups (broad SMARTS) is 1. The van der Waals surface area contributed by atoms with Gasteiger partial charge < -0.3 is 15.5 Å². The van der Waals surface area contributed by atoms with E-state index in [1.54, 1.807) is 6.07 Å². The van der Waals surface area contributed by atoms with E-state index in [1.807, 2.05) is 20.8 Å². The van der Waals surface area contributed by atoms with Gasteiger partial charge in [0.15, 0.2) is 0 Å². The van der Waals surface area contributed by atoms with Gasteiger partial charge in [0, 0.05) is 11.0 Å². The molecule has 0 radical (unpaired) electrons. The van der Waals surface area contributed by atoms with E-state index in [1.165, 1.54) is 12.1 Å². The molecule has 0 aliphatic carbocycles. The molecule has 3 N–H and O–H groups in total. The van der Waals surface area contributed by atoms with E-state index in [-0.39, 0.29) is 23.3 Å². The monoisotopic (exact) mass is 357 g/mol. The third kappa shape index (κ3) is 5.75. The number of amides is 1. The Balaban J connectivity index is 2.71. The number of hydrogen-bond acceptors (Lipinski definition) is 3. The summed E-state index contributed by atoms with van der Waals surface area (Å²) in [6.07, 6.45) is 0.453. The van der Waals surface area contributed by atoms with Crippen LogP contribution in [0.1, 0.15) is 37.6 Å². The van der Waals surface area contributed by atoms with Gasteiger partial charge in [-0.15, -0.1) is 0 Å². The number of carbonyl (C=O) groups excluding carboxylic acids is 1. The molecule has 1 rings (SSSR count). The zero-order valence-electron chi connectivity index (χ0n) is 12.3. The number of hydrogen-bond donors (Lipinski definition) is 3. The van der Waals surface area contributed by atoms with Crippen molar-refractivity contribution in [3.05, 3.63) is 28.2 Å². The van der Waals surface area contributed by atoms with Crippen molar-refractivity contribution in [3.8, 4) is 5.75 Å². The summed E-state index contributed by atoms with van der Waals surface area (Å²) in [4.78, 5) is 23.2. The second-order valence-corrected chi connectivity index (χ2v) is 7.09. The molecule has 0 fully saturated rings. The molecule has 0 bridgehead atoms. The van der Waals surface area contributed by atoms with Crippen molar-refractivity contribution in [2.75, 3.05) is 6.54 Å². The SMILES string of the molecule is CC(C)(C)CC(CNC(=O)c1ccc(Br)cc1O)C(=O)O. The third-order valence-electron chi connectivity index (χ3n) is 2.92. The number of phenols is 1. The van der Waals surface area contributed by atoms with Gasteiger partial charge in [-0.25, -0.2) is 0 Å². The average molecular weight is 358 g/mol. The standard InChI is InChI=1S/C15H20BrNO4/c1-15(2,3)7-9(14(20)21)8-17-13(19)11-5-4-10(16)6-12(11)18/h4-6,9,18H,7-8H2,1-3H3,(H,17,19)(H,20,21). The Morgan fingerprint density at radius 3 is 2.43 bits per heavy atom. The highest BCUT2D eigenvalue weighted by Gasteiger charge is 2.25. The molecule has 0 spiro atoms. The van der Waals surface area contributed by atoms with Crippen LogP contribution >= 0.6 is 15.9 Å². The molecule has 0 saturated carbocycles. The predicted molar refractivity (Wildman–Crippen MR) is 83.3 cm³/mol. The van der Waals surface area contributed by atoms with Crippen LogP contribution in [-0.4, -0.2) is 28.6 Å². The maximum absolute atomic E-state index is 12.0. The number of aromatic hydroxyl groups is 1. The highest BCUT2D eigenvalue weighted by molar-refractivity contribution is 9.10. The molecule has 1 aromatic carbocycles. The minimum absolute atomic E-state index is 0.0287. The number of nitrogens with one attached hydrogen (secondary N) is 1. The predicted octanol–water partition coefficient (Wildman–Crippen LogP) is 3.02. The summed E-state index contributed by atoms with van der Waals surface area (Å²) in [6, 6.07) is 4.53. The van der Waals surface area contributed by atoms with Crippen LogP contribution < -0.4 is 5.32 Å². The molecule has 0 aliphatic heterocycles. The lowest BCUT2D eigenvalue weighted by Gasteiger charge is -2.23. The van der Waals surface area contributed by atoms with Gasteiger partial charge in [-0.1, -0.05) is 36.7 Å². The zero-order chi connectivity index (χ0) is 16.2. The Hall–Kier alpha value is -1.56. The highest BCUT2D eigenvalue weighted by atomic mass is 79.9. The van der Waals surface area contributed by atoms with Gasteiger partial charge in [0.25, 0.3) is 5.91 Å². The molecule has 1 amide bonds. The number of benzene rings is 1. The number of carbonyl (C=O) groups is 2. The minimum Gasteiger partial charge on any atom is -0.507 e. The second-order valence-electron chi connectivity index (χ2n) is 6.17. The van der Waals surface area contributed by atoms with Crippen molar-refractivity contribution < 1.29 is 19.8 Å². The van der Waals surface area contributed by atoms with E-state index in [0.29, 0.717) is 10.9 Å². The number of aliphatic carboxylic acids is 1. The van der Waals surface area contributed by atoms with Crippen LogP contribution in [0.2, 0.25) is 0 Å². The fourth-order valence-corrected chi connectivity index (χ4v) is 2.34. The van der Waals surface area contributed by atoms with Crippen molar-refractivity contribution >= 4 is 27.8 Å². The Labute approximate surface area is 132 Å². The molecule has 116 valence electrons. The summed E-state index contributed by atoms with van der Waals surface area (Å²) >= 11 is 3.19. The third-order valence-corrected chi connectivity index (χ3v) is 3.41. The summed E-state index contributed by atoms with van der Waals surface area (Å²) in [5, 5.41) is 21.5. The molecular formula is C15H20BrNO4. The summed E-state index contributed by atoms with van der Waals surface area (Å²) in [5.74, 6) is -2.23. The summed E-state index contributed by atoms with van der Waals surface area (Å²) in [7, 11) is 0. The molecule has 5 nitrogen and oxygen atoms in total. The lowest BCUT2D eigenvalue weighted by atomic mass is 9.84. The van der Waals surface area contributed by atoms with Crippen LogP contribution in [0.15, 0.2) is 22.7 Å².